The lowest BCUT2D eigenvalue weighted by atomic mass is 10.1. The zero-order chi connectivity index (χ0) is 19.1. The van der Waals surface area contributed by atoms with Crippen LogP contribution < -0.4 is 10.6 Å². The van der Waals surface area contributed by atoms with Gasteiger partial charge in [-0.05, 0) is 38.8 Å². The van der Waals surface area contributed by atoms with Gasteiger partial charge in [0.05, 0.1) is 12.6 Å². The molecule has 1 aromatic rings. The van der Waals surface area contributed by atoms with E-state index in [4.69, 9.17) is 0 Å². The van der Waals surface area contributed by atoms with Crippen LogP contribution in [0.2, 0.25) is 0 Å². The van der Waals surface area contributed by atoms with Gasteiger partial charge >= 0.3 is 0 Å². The molecule has 1 saturated heterocycles. The first kappa shape index (κ1) is 20.4. The molecule has 1 fully saturated rings. The summed E-state index contributed by atoms with van der Waals surface area (Å²) in [7, 11) is 0. The van der Waals surface area contributed by atoms with E-state index in [0.29, 0.717) is 13.1 Å². The van der Waals surface area contributed by atoms with Crippen molar-refractivity contribution in [2.24, 2.45) is 0 Å². The highest BCUT2D eigenvalue weighted by Crippen LogP contribution is 2.09. The fraction of sp³-hybridized carbons (Fsp3) is 0.600. The predicted octanol–water partition coefficient (Wildman–Crippen LogP) is 1.14. The topological polar surface area (TPSA) is 64.7 Å². The van der Waals surface area contributed by atoms with Gasteiger partial charge in [0.25, 0.3) is 0 Å². The molecule has 0 aromatic heterocycles. The Labute approximate surface area is 156 Å². The van der Waals surface area contributed by atoms with Gasteiger partial charge in [0.15, 0.2) is 0 Å². The maximum Gasteiger partial charge on any atom is 0.237 e. The molecule has 1 unspecified atom stereocenters. The predicted molar refractivity (Wildman–Crippen MR) is 104 cm³/mol. The highest BCUT2D eigenvalue weighted by Gasteiger charge is 2.26. The second-order valence-electron chi connectivity index (χ2n) is 7.35. The van der Waals surface area contributed by atoms with Crippen molar-refractivity contribution in [3.8, 4) is 0 Å². The number of carbonyl (C=O) groups excluding carboxylic acids is 2. The SMILES string of the molecule is Cc1ccccc1CNC(=O)C(C)N1CCN(CC(=O)NC(C)C)CC1. The van der Waals surface area contributed by atoms with Gasteiger partial charge in [-0.1, -0.05) is 24.3 Å². The number of aryl methyl sites for hydroxylation is 1. The molecular weight excluding hydrogens is 328 g/mol. The van der Waals surface area contributed by atoms with Gasteiger partial charge in [-0.2, -0.15) is 0 Å². The molecule has 2 amide bonds. The minimum atomic E-state index is -0.161. The molecule has 1 aliphatic rings. The van der Waals surface area contributed by atoms with Crippen LogP contribution in [0, 0.1) is 6.92 Å². The van der Waals surface area contributed by atoms with Crippen molar-refractivity contribution in [1.29, 1.82) is 0 Å². The van der Waals surface area contributed by atoms with Crippen LogP contribution in [0.5, 0.6) is 0 Å². The minimum absolute atomic E-state index is 0.0549. The van der Waals surface area contributed by atoms with E-state index in [1.165, 1.54) is 5.56 Å². The second-order valence-corrected chi connectivity index (χ2v) is 7.35. The van der Waals surface area contributed by atoms with Gasteiger partial charge in [0.2, 0.25) is 11.8 Å². The number of amides is 2. The highest BCUT2D eigenvalue weighted by atomic mass is 16.2. The van der Waals surface area contributed by atoms with Gasteiger partial charge < -0.3 is 10.6 Å². The van der Waals surface area contributed by atoms with Crippen LogP contribution in [-0.2, 0) is 16.1 Å². The van der Waals surface area contributed by atoms with E-state index in [-0.39, 0.29) is 23.9 Å². The molecule has 6 heteroatoms. The maximum absolute atomic E-state index is 12.5. The van der Waals surface area contributed by atoms with Crippen molar-refractivity contribution < 1.29 is 9.59 Å². The Hall–Kier alpha value is -1.92. The first-order valence-corrected chi connectivity index (χ1v) is 9.44. The molecule has 1 heterocycles. The molecule has 6 nitrogen and oxygen atoms in total. The summed E-state index contributed by atoms with van der Waals surface area (Å²) in [6.07, 6.45) is 0. The molecule has 0 radical (unpaired) electrons. The summed E-state index contributed by atoms with van der Waals surface area (Å²) < 4.78 is 0. The molecule has 0 bridgehead atoms. The molecule has 0 spiro atoms. The quantitative estimate of drug-likeness (QED) is 0.765. The first-order valence-electron chi connectivity index (χ1n) is 9.44. The van der Waals surface area contributed by atoms with Crippen molar-refractivity contribution in [2.45, 2.75) is 46.3 Å². The highest BCUT2D eigenvalue weighted by molar-refractivity contribution is 5.81. The number of benzene rings is 1. The molecule has 144 valence electrons. The van der Waals surface area contributed by atoms with Crippen molar-refractivity contribution in [3.05, 3.63) is 35.4 Å². The molecule has 2 N–H and O–H groups in total. The summed E-state index contributed by atoms with van der Waals surface area (Å²) in [5, 5.41) is 5.96. The van der Waals surface area contributed by atoms with E-state index < -0.39 is 0 Å². The maximum atomic E-state index is 12.5. The lowest BCUT2D eigenvalue weighted by Crippen LogP contribution is -2.55. The Morgan fingerprint density at radius 3 is 2.35 bits per heavy atom. The first-order chi connectivity index (χ1) is 12.4. The van der Waals surface area contributed by atoms with Gasteiger partial charge in [-0.25, -0.2) is 0 Å². The third-order valence-corrected chi connectivity index (χ3v) is 4.87. The van der Waals surface area contributed by atoms with Crippen LogP contribution >= 0.6 is 0 Å². The number of carbonyl (C=O) groups is 2. The Morgan fingerprint density at radius 1 is 1.08 bits per heavy atom. The standard InChI is InChI=1S/C20H32N4O2/c1-15(2)22-19(25)14-23-9-11-24(12-10-23)17(4)20(26)21-13-18-8-6-5-7-16(18)3/h5-8,15,17H,9-14H2,1-4H3,(H,21,26)(H,22,25). The average molecular weight is 361 g/mol. The van der Waals surface area contributed by atoms with E-state index in [0.717, 1.165) is 31.7 Å². The minimum Gasteiger partial charge on any atom is -0.353 e. The van der Waals surface area contributed by atoms with Crippen molar-refractivity contribution in [3.63, 3.8) is 0 Å². The summed E-state index contributed by atoms with van der Waals surface area (Å²) in [4.78, 5) is 28.7. The Balaban J connectivity index is 1.75. The van der Waals surface area contributed by atoms with Gasteiger partial charge in [-0.15, -0.1) is 0 Å². The van der Waals surface area contributed by atoms with Gasteiger partial charge in [0, 0.05) is 38.8 Å². The largest absolute Gasteiger partial charge is 0.353 e. The average Bonchev–Trinajstić information content (AvgIpc) is 2.60. The monoisotopic (exact) mass is 360 g/mol. The molecule has 0 aliphatic carbocycles. The zero-order valence-corrected chi connectivity index (χ0v) is 16.4. The lowest BCUT2D eigenvalue weighted by molar-refractivity contribution is -0.128. The van der Waals surface area contributed by atoms with E-state index in [2.05, 4.69) is 33.4 Å². The van der Waals surface area contributed by atoms with E-state index in [1.807, 2.05) is 39.0 Å². The zero-order valence-electron chi connectivity index (χ0n) is 16.4. The normalized spacial score (nSPS) is 17.1. The smallest absolute Gasteiger partial charge is 0.237 e. The summed E-state index contributed by atoms with van der Waals surface area (Å²) in [6, 6.07) is 8.10. The Bertz CT molecular complexity index is 610. The van der Waals surface area contributed by atoms with Crippen molar-refractivity contribution in [1.82, 2.24) is 20.4 Å². The number of hydrogen-bond donors (Lipinski definition) is 2. The third-order valence-electron chi connectivity index (χ3n) is 4.87. The Kier molecular flexibility index (Phi) is 7.60. The number of rotatable bonds is 7. The van der Waals surface area contributed by atoms with E-state index in [9.17, 15) is 9.59 Å². The number of nitrogens with zero attached hydrogens (tertiary/aromatic N) is 2. The lowest BCUT2D eigenvalue weighted by Gasteiger charge is -2.37. The molecular formula is C20H32N4O2. The molecule has 1 atom stereocenters. The van der Waals surface area contributed by atoms with Gasteiger partial charge in [-0.3, -0.25) is 19.4 Å². The molecule has 0 saturated carbocycles. The number of hydrogen-bond acceptors (Lipinski definition) is 4. The molecule has 2 rings (SSSR count). The molecule has 26 heavy (non-hydrogen) atoms. The van der Waals surface area contributed by atoms with Crippen LogP contribution in [0.25, 0.3) is 0 Å². The van der Waals surface area contributed by atoms with Crippen LogP contribution in [0.4, 0.5) is 0 Å². The second kappa shape index (κ2) is 9.69. The number of nitrogens with one attached hydrogen (secondary N) is 2. The fourth-order valence-electron chi connectivity index (χ4n) is 3.18. The van der Waals surface area contributed by atoms with Crippen molar-refractivity contribution >= 4 is 11.8 Å². The fourth-order valence-corrected chi connectivity index (χ4v) is 3.18. The molecule has 1 aliphatic heterocycles. The van der Waals surface area contributed by atoms with Crippen molar-refractivity contribution in [2.75, 3.05) is 32.7 Å². The summed E-state index contributed by atoms with van der Waals surface area (Å²) in [6.45, 7) is 12.1. The van der Waals surface area contributed by atoms with Gasteiger partial charge in [0.1, 0.15) is 0 Å². The van der Waals surface area contributed by atoms with Crippen LogP contribution in [0.1, 0.15) is 31.9 Å². The number of piperazine rings is 1. The Morgan fingerprint density at radius 2 is 1.73 bits per heavy atom. The van der Waals surface area contributed by atoms with Crippen LogP contribution in [-0.4, -0.2) is 66.4 Å². The molecule has 1 aromatic carbocycles. The van der Waals surface area contributed by atoms with Crippen LogP contribution in [0.15, 0.2) is 24.3 Å². The summed E-state index contributed by atoms with van der Waals surface area (Å²) >= 11 is 0. The van der Waals surface area contributed by atoms with E-state index in [1.54, 1.807) is 0 Å². The summed E-state index contributed by atoms with van der Waals surface area (Å²) in [5.74, 6) is 0.122. The van der Waals surface area contributed by atoms with Crippen LogP contribution in [0.3, 0.4) is 0 Å². The van der Waals surface area contributed by atoms with E-state index >= 15 is 0 Å². The third kappa shape index (κ3) is 6.11. The summed E-state index contributed by atoms with van der Waals surface area (Å²) in [5.41, 5.74) is 2.34.